The molecule has 1 aliphatic heterocycles. The molecule has 1 aromatic carbocycles. The van der Waals surface area contributed by atoms with E-state index in [2.05, 4.69) is 0 Å². The van der Waals surface area contributed by atoms with E-state index in [1.165, 1.54) is 0 Å². The Morgan fingerprint density at radius 2 is 2.03 bits per heavy atom. The van der Waals surface area contributed by atoms with E-state index in [1.807, 2.05) is 50.3 Å². The standard InChI is InChI=1S/C25H36O6/c1-17(2)30-25(28)14-12-20-9-6-10-22-21(23(27)15-24(22)31-20)13-11-18(26)16-29-19-7-4-3-5-8-19/h3-5,7-8,11,13,17-18,20-24,26-27H,6,9-10,12,14-16H2,1-2H3/b13-11+/t18-,20-,21-,22-,23-,24+/m1/s1. The zero-order chi connectivity index (χ0) is 22.2. The van der Waals surface area contributed by atoms with E-state index < -0.39 is 12.2 Å². The van der Waals surface area contributed by atoms with Gasteiger partial charge in [-0.1, -0.05) is 36.8 Å². The molecule has 0 radical (unpaired) electrons. The van der Waals surface area contributed by atoms with Gasteiger partial charge in [0.25, 0.3) is 0 Å². The average molecular weight is 433 g/mol. The van der Waals surface area contributed by atoms with Crippen molar-refractivity contribution >= 4 is 5.97 Å². The van der Waals surface area contributed by atoms with Crippen LogP contribution in [0.15, 0.2) is 42.5 Å². The molecular formula is C25H36O6. The topological polar surface area (TPSA) is 85.2 Å². The van der Waals surface area contributed by atoms with E-state index in [1.54, 1.807) is 6.08 Å². The second-order valence-corrected chi connectivity index (χ2v) is 8.93. The van der Waals surface area contributed by atoms with Crippen molar-refractivity contribution in [3.8, 4) is 5.75 Å². The Morgan fingerprint density at radius 3 is 2.77 bits per heavy atom. The number of hydrogen-bond donors (Lipinski definition) is 2. The zero-order valence-electron chi connectivity index (χ0n) is 18.6. The van der Waals surface area contributed by atoms with Crippen LogP contribution in [0.5, 0.6) is 5.75 Å². The van der Waals surface area contributed by atoms with Gasteiger partial charge in [0.1, 0.15) is 18.5 Å². The van der Waals surface area contributed by atoms with Crippen LogP contribution in [0.3, 0.4) is 0 Å². The van der Waals surface area contributed by atoms with Crippen LogP contribution in [-0.4, -0.2) is 53.3 Å². The summed E-state index contributed by atoms with van der Waals surface area (Å²) in [5.41, 5.74) is 0. The molecule has 1 aliphatic carbocycles. The number of aliphatic hydroxyl groups is 2. The first-order valence-electron chi connectivity index (χ1n) is 11.5. The highest BCUT2D eigenvalue weighted by Gasteiger charge is 2.43. The zero-order valence-corrected chi connectivity index (χ0v) is 18.6. The third-order valence-electron chi connectivity index (χ3n) is 6.08. The maximum absolute atomic E-state index is 11.8. The van der Waals surface area contributed by atoms with Crippen molar-refractivity contribution in [2.45, 2.75) is 82.9 Å². The molecule has 6 heteroatoms. The Balaban J connectivity index is 1.49. The normalized spacial score (nSPS) is 29.5. The summed E-state index contributed by atoms with van der Waals surface area (Å²) < 4.78 is 17.1. The van der Waals surface area contributed by atoms with Crippen LogP contribution in [0.4, 0.5) is 0 Å². The van der Waals surface area contributed by atoms with Crippen molar-refractivity contribution in [1.29, 1.82) is 0 Å². The second-order valence-electron chi connectivity index (χ2n) is 8.93. The van der Waals surface area contributed by atoms with Crippen LogP contribution in [0.2, 0.25) is 0 Å². The van der Waals surface area contributed by atoms with Gasteiger partial charge in [-0.2, -0.15) is 0 Å². The Bertz CT molecular complexity index is 703. The largest absolute Gasteiger partial charge is 0.491 e. The van der Waals surface area contributed by atoms with E-state index in [4.69, 9.17) is 14.2 Å². The number of benzene rings is 1. The smallest absolute Gasteiger partial charge is 0.306 e. The molecule has 1 saturated heterocycles. The maximum atomic E-state index is 11.8. The van der Waals surface area contributed by atoms with Gasteiger partial charge in [-0.05, 0) is 51.2 Å². The number of para-hydroxylation sites is 1. The Hall–Kier alpha value is -1.89. The second kappa shape index (κ2) is 11.7. The monoisotopic (exact) mass is 432 g/mol. The fraction of sp³-hybridized carbons (Fsp3) is 0.640. The molecule has 1 saturated carbocycles. The number of esters is 1. The number of carbonyl (C=O) groups excluding carboxylic acids is 1. The van der Waals surface area contributed by atoms with Crippen LogP contribution in [0.25, 0.3) is 0 Å². The SMILES string of the molecule is CC(C)OC(=O)CC[C@H]1CCC[C@@H]2[C@@H](/C=C/[C@@H](O)COc3ccccc3)[C@H](O)C[C@@H]2O1. The van der Waals surface area contributed by atoms with Gasteiger partial charge in [0.2, 0.25) is 0 Å². The lowest BCUT2D eigenvalue weighted by atomic mass is 9.88. The third kappa shape index (κ3) is 7.34. The predicted octanol–water partition coefficient (Wildman–Crippen LogP) is 3.65. The van der Waals surface area contributed by atoms with Gasteiger partial charge >= 0.3 is 5.97 Å². The van der Waals surface area contributed by atoms with Crippen LogP contribution >= 0.6 is 0 Å². The summed E-state index contributed by atoms with van der Waals surface area (Å²) in [6.07, 6.45) is 6.83. The molecule has 0 amide bonds. The number of rotatable bonds is 9. The fourth-order valence-electron chi connectivity index (χ4n) is 4.63. The molecule has 2 fully saturated rings. The minimum atomic E-state index is -0.738. The van der Waals surface area contributed by atoms with Crippen molar-refractivity contribution < 1.29 is 29.2 Å². The summed E-state index contributed by atoms with van der Waals surface area (Å²) in [5.74, 6) is 0.719. The molecule has 0 spiro atoms. The molecule has 31 heavy (non-hydrogen) atoms. The van der Waals surface area contributed by atoms with E-state index in [0.717, 1.165) is 25.0 Å². The molecule has 2 N–H and O–H groups in total. The number of fused-ring (bicyclic) bond motifs is 1. The molecule has 172 valence electrons. The highest BCUT2D eigenvalue weighted by atomic mass is 16.5. The summed E-state index contributed by atoms with van der Waals surface area (Å²) in [7, 11) is 0. The molecule has 2 aliphatic rings. The van der Waals surface area contributed by atoms with Crippen molar-refractivity contribution in [1.82, 2.24) is 0 Å². The molecule has 6 atom stereocenters. The Morgan fingerprint density at radius 1 is 1.26 bits per heavy atom. The summed E-state index contributed by atoms with van der Waals surface area (Å²) >= 11 is 0. The maximum Gasteiger partial charge on any atom is 0.306 e. The Kier molecular flexibility index (Phi) is 8.93. The number of aliphatic hydroxyl groups excluding tert-OH is 2. The molecule has 0 unspecified atom stereocenters. The number of ether oxygens (including phenoxy) is 3. The van der Waals surface area contributed by atoms with Gasteiger partial charge in [0.05, 0.1) is 24.4 Å². The predicted molar refractivity (Wildman–Crippen MR) is 118 cm³/mol. The third-order valence-corrected chi connectivity index (χ3v) is 6.08. The van der Waals surface area contributed by atoms with Gasteiger partial charge in [0, 0.05) is 18.8 Å². The molecular weight excluding hydrogens is 396 g/mol. The van der Waals surface area contributed by atoms with Crippen LogP contribution in [0.1, 0.15) is 52.4 Å². The van der Waals surface area contributed by atoms with Gasteiger partial charge in [-0.15, -0.1) is 0 Å². The fourth-order valence-corrected chi connectivity index (χ4v) is 4.63. The summed E-state index contributed by atoms with van der Waals surface area (Å²) in [4.78, 5) is 11.8. The molecule has 0 aromatic heterocycles. The lowest BCUT2D eigenvalue weighted by Gasteiger charge is -2.23. The number of carbonyl (C=O) groups is 1. The van der Waals surface area contributed by atoms with Gasteiger partial charge in [-0.25, -0.2) is 0 Å². The highest BCUT2D eigenvalue weighted by molar-refractivity contribution is 5.69. The van der Waals surface area contributed by atoms with Crippen molar-refractivity contribution in [2.24, 2.45) is 11.8 Å². The lowest BCUT2D eigenvalue weighted by Crippen LogP contribution is -2.25. The minimum absolute atomic E-state index is 0.0176. The summed E-state index contributed by atoms with van der Waals surface area (Å²) in [6.45, 7) is 3.87. The van der Waals surface area contributed by atoms with Crippen molar-refractivity contribution in [3.05, 3.63) is 42.5 Å². The first-order chi connectivity index (χ1) is 14.9. The van der Waals surface area contributed by atoms with Crippen molar-refractivity contribution in [3.63, 3.8) is 0 Å². The number of hydrogen-bond acceptors (Lipinski definition) is 6. The molecule has 0 bridgehead atoms. The quantitative estimate of drug-likeness (QED) is 0.458. The van der Waals surface area contributed by atoms with Gasteiger partial charge in [-0.3, -0.25) is 4.79 Å². The van der Waals surface area contributed by atoms with Gasteiger partial charge < -0.3 is 24.4 Å². The first-order valence-corrected chi connectivity index (χ1v) is 11.5. The highest BCUT2D eigenvalue weighted by Crippen LogP contribution is 2.42. The van der Waals surface area contributed by atoms with Crippen molar-refractivity contribution in [2.75, 3.05) is 6.61 Å². The summed E-state index contributed by atoms with van der Waals surface area (Å²) in [6, 6.07) is 9.39. The first kappa shape index (κ1) is 23.8. The van der Waals surface area contributed by atoms with Gasteiger partial charge in [0.15, 0.2) is 0 Å². The van der Waals surface area contributed by atoms with E-state index in [0.29, 0.717) is 19.3 Å². The minimum Gasteiger partial charge on any atom is -0.491 e. The average Bonchev–Trinajstić information content (AvgIpc) is 2.89. The van der Waals surface area contributed by atoms with E-state index in [9.17, 15) is 15.0 Å². The van der Waals surface area contributed by atoms with Crippen LogP contribution in [0, 0.1) is 11.8 Å². The Labute approximate surface area is 185 Å². The molecule has 1 heterocycles. The van der Waals surface area contributed by atoms with Crippen LogP contribution in [-0.2, 0) is 14.3 Å². The molecule has 3 rings (SSSR count). The molecule has 6 nitrogen and oxygen atoms in total. The molecule has 1 aromatic rings. The summed E-state index contributed by atoms with van der Waals surface area (Å²) in [5, 5.41) is 20.9. The van der Waals surface area contributed by atoms with E-state index >= 15 is 0 Å². The lowest BCUT2D eigenvalue weighted by molar-refractivity contribution is -0.148. The van der Waals surface area contributed by atoms with E-state index in [-0.39, 0.29) is 42.7 Å². The van der Waals surface area contributed by atoms with Crippen LogP contribution < -0.4 is 4.74 Å².